The van der Waals surface area contributed by atoms with Crippen LogP contribution in [-0.4, -0.2) is 23.5 Å². The summed E-state index contributed by atoms with van der Waals surface area (Å²) in [6.07, 6.45) is 1.08. The number of hydrogen-bond donors (Lipinski definition) is 2. The quantitative estimate of drug-likeness (QED) is 0.795. The maximum atomic E-state index is 13.8. The number of halogens is 2. The van der Waals surface area contributed by atoms with Crippen LogP contribution in [0.1, 0.15) is 25.7 Å². The summed E-state index contributed by atoms with van der Waals surface area (Å²) >= 11 is 0. The van der Waals surface area contributed by atoms with Gasteiger partial charge in [0.15, 0.2) is 0 Å². The van der Waals surface area contributed by atoms with Crippen LogP contribution in [0.5, 0.6) is 0 Å². The summed E-state index contributed by atoms with van der Waals surface area (Å²) in [6.45, 7) is 0.230. The van der Waals surface area contributed by atoms with E-state index in [-0.39, 0.29) is 37.1 Å². The van der Waals surface area contributed by atoms with E-state index in [9.17, 15) is 13.6 Å². The van der Waals surface area contributed by atoms with Gasteiger partial charge in [-0.05, 0) is 42.6 Å². The Hall–Kier alpha value is -0.710. The van der Waals surface area contributed by atoms with Crippen molar-refractivity contribution in [3.8, 4) is 0 Å². The van der Waals surface area contributed by atoms with Crippen LogP contribution in [0.3, 0.4) is 0 Å². The Bertz CT molecular complexity index is 374. The fourth-order valence-electron chi connectivity index (χ4n) is 4.99. The Labute approximate surface area is 98.4 Å². The standard InChI is InChI=1S/C12H17F2NO2/c13-12(14)3-8-10-6(1-2-7(10)12)11(8,5-15)4-9(16)17/h6-8,10H,1-5,15H2,(H,16,17)/t6-,7+,8+,10-,11+/m0/s1. The molecule has 0 aromatic heterocycles. The SMILES string of the molecule is NC[C@@]1(CC(=O)O)[C@@H]2CC(F)(F)[C@@H]3CC[C@H]1[C@@H]32. The number of hydrogen-bond acceptors (Lipinski definition) is 2. The second-order valence-electron chi connectivity index (χ2n) is 5.95. The zero-order valence-electron chi connectivity index (χ0n) is 9.53. The second kappa shape index (κ2) is 3.19. The maximum absolute atomic E-state index is 13.8. The number of rotatable bonds is 3. The van der Waals surface area contributed by atoms with Gasteiger partial charge >= 0.3 is 5.97 Å². The van der Waals surface area contributed by atoms with E-state index in [1.54, 1.807) is 0 Å². The number of carboxylic acids is 1. The highest BCUT2D eigenvalue weighted by atomic mass is 19.3. The van der Waals surface area contributed by atoms with Crippen molar-refractivity contribution < 1.29 is 18.7 Å². The van der Waals surface area contributed by atoms with Crippen molar-refractivity contribution in [3.05, 3.63) is 0 Å². The molecule has 0 aromatic carbocycles. The molecule has 0 bridgehead atoms. The van der Waals surface area contributed by atoms with E-state index in [0.29, 0.717) is 6.42 Å². The largest absolute Gasteiger partial charge is 0.481 e. The summed E-state index contributed by atoms with van der Waals surface area (Å²) < 4.78 is 27.6. The maximum Gasteiger partial charge on any atom is 0.303 e. The van der Waals surface area contributed by atoms with Crippen molar-refractivity contribution in [1.82, 2.24) is 0 Å². The molecule has 17 heavy (non-hydrogen) atoms. The first kappa shape index (κ1) is 11.4. The van der Waals surface area contributed by atoms with Crippen molar-refractivity contribution >= 4 is 5.97 Å². The predicted octanol–water partition coefficient (Wildman–Crippen LogP) is 1.72. The van der Waals surface area contributed by atoms with E-state index in [2.05, 4.69) is 0 Å². The molecule has 96 valence electrons. The van der Waals surface area contributed by atoms with E-state index in [4.69, 9.17) is 10.8 Å². The molecular weight excluding hydrogens is 228 g/mol. The lowest BCUT2D eigenvalue weighted by atomic mass is 9.47. The van der Waals surface area contributed by atoms with Crippen LogP contribution in [0.15, 0.2) is 0 Å². The monoisotopic (exact) mass is 245 g/mol. The fraction of sp³-hybridized carbons (Fsp3) is 0.917. The summed E-state index contributed by atoms with van der Waals surface area (Å²) in [5, 5.41) is 8.98. The Morgan fingerprint density at radius 2 is 1.94 bits per heavy atom. The Balaban J connectivity index is 1.93. The minimum absolute atomic E-state index is 0.0351. The van der Waals surface area contributed by atoms with Gasteiger partial charge in [0.2, 0.25) is 0 Å². The molecule has 3 N–H and O–H groups in total. The van der Waals surface area contributed by atoms with Crippen LogP contribution in [0.2, 0.25) is 0 Å². The van der Waals surface area contributed by atoms with E-state index in [1.807, 2.05) is 0 Å². The molecule has 0 aliphatic heterocycles. The van der Waals surface area contributed by atoms with E-state index in [0.717, 1.165) is 6.42 Å². The molecule has 0 saturated heterocycles. The number of carbonyl (C=O) groups is 1. The van der Waals surface area contributed by atoms with Gasteiger partial charge < -0.3 is 10.8 Å². The van der Waals surface area contributed by atoms with Crippen molar-refractivity contribution in [2.75, 3.05) is 6.54 Å². The second-order valence-corrected chi connectivity index (χ2v) is 5.95. The number of alkyl halides is 2. The molecule has 5 atom stereocenters. The van der Waals surface area contributed by atoms with Gasteiger partial charge in [-0.1, -0.05) is 0 Å². The molecule has 0 amide bonds. The fourth-order valence-corrected chi connectivity index (χ4v) is 4.99. The first-order chi connectivity index (χ1) is 7.92. The van der Waals surface area contributed by atoms with Crippen LogP contribution in [0, 0.1) is 29.1 Å². The molecule has 3 rings (SSSR count). The summed E-state index contributed by atoms with van der Waals surface area (Å²) in [5.74, 6) is -4.03. The Kier molecular flexibility index (Phi) is 2.14. The lowest BCUT2D eigenvalue weighted by Gasteiger charge is -2.57. The lowest BCUT2D eigenvalue weighted by Crippen LogP contribution is -2.58. The lowest BCUT2D eigenvalue weighted by molar-refractivity contribution is -0.153. The van der Waals surface area contributed by atoms with Crippen LogP contribution in [0.4, 0.5) is 8.78 Å². The molecule has 3 nitrogen and oxygen atoms in total. The zero-order valence-corrected chi connectivity index (χ0v) is 9.53. The minimum Gasteiger partial charge on any atom is -0.481 e. The van der Waals surface area contributed by atoms with Crippen LogP contribution in [0.25, 0.3) is 0 Å². The van der Waals surface area contributed by atoms with Gasteiger partial charge in [-0.15, -0.1) is 0 Å². The van der Waals surface area contributed by atoms with Gasteiger partial charge in [-0.3, -0.25) is 4.79 Å². The average Bonchev–Trinajstić information content (AvgIpc) is 2.72. The van der Waals surface area contributed by atoms with Crippen LogP contribution >= 0.6 is 0 Å². The number of nitrogens with two attached hydrogens (primary N) is 1. The highest BCUT2D eigenvalue weighted by Gasteiger charge is 2.74. The molecule has 3 aliphatic carbocycles. The van der Waals surface area contributed by atoms with Crippen molar-refractivity contribution in [3.63, 3.8) is 0 Å². The first-order valence-corrected chi connectivity index (χ1v) is 6.22. The summed E-state index contributed by atoms with van der Waals surface area (Å²) in [4.78, 5) is 10.9. The molecule has 0 unspecified atom stereocenters. The van der Waals surface area contributed by atoms with Gasteiger partial charge in [0.25, 0.3) is 5.92 Å². The van der Waals surface area contributed by atoms with E-state index >= 15 is 0 Å². The number of carboxylic acid groups (broad SMARTS) is 1. The molecule has 3 saturated carbocycles. The molecular formula is C12H17F2NO2. The Morgan fingerprint density at radius 1 is 1.29 bits per heavy atom. The van der Waals surface area contributed by atoms with Gasteiger partial charge in [-0.25, -0.2) is 8.78 Å². The van der Waals surface area contributed by atoms with Gasteiger partial charge in [0, 0.05) is 12.3 Å². The third-order valence-corrected chi connectivity index (χ3v) is 5.55. The van der Waals surface area contributed by atoms with Gasteiger partial charge in [-0.2, -0.15) is 0 Å². The first-order valence-electron chi connectivity index (χ1n) is 6.22. The average molecular weight is 245 g/mol. The normalized spacial score (nSPS) is 49.8. The topological polar surface area (TPSA) is 63.3 Å². The highest BCUT2D eigenvalue weighted by molar-refractivity contribution is 5.68. The van der Waals surface area contributed by atoms with Gasteiger partial charge in [0.05, 0.1) is 6.42 Å². The zero-order chi connectivity index (χ0) is 12.4. The minimum atomic E-state index is -2.60. The van der Waals surface area contributed by atoms with Crippen molar-refractivity contribution in [1.29, 1.82) is 0 Å². The third-order valence-electron chi connectivity index (χ3n) is 5.55. The summed E-state index contributed by atoms with van der Waals surface area (Å²) in [5.41, 5.74) is 5.19. The predicted molar refractivity (Wildman–Crippen MR) is 56.5 cm³/mol. The third kappa shape index (κ3) is 1.21. The smallest absolute Gasteiger partial charge is 0.303 e. The van der Waals surface area contributed by atoms with Crippen molar-refractivity contribution in [2.45, 2.75) is 31.6 Å². The summed E-state index contributed by atoms with van der Waals surface area (Å²) in [7, 11) is 0. The van der Waals surface area contributed by atoms with E-state index in [1.165, 1.54) is 0 Å². The molecule has 0 radical (unpaired) electrons. The van der Waals surface area contributed by atoms with Crippen LogP contribution < -0.4 is 5.73 Å². The van der Waals surface area contributed by atoms with E-state index < -0.39 is 23.2 Å². The summed E-state index contributed by atoms with van der Waals surface area (Å²) in [6, 6.07) is 0. The Morgan fingerprint density at radius 3 is 2.53 bits per heavy atom. The molecule has 5 heteroatoms. The molecule has 3 fully saturated rings. The molecule has 3 aliphatic rings. The van der Waals surface area contributed by atoms with Crippen LogP contribution in [-0.2, 0) is 4.79 Å². The van der Waals surface area contributed by atoms with Crippen molar-refractivity contribution in [2.24, 2.45) is 34.8 Å². The van der Waals surface area contributed by atoms with Gasteiger partial charge in [0.1, 0.15) is 0 Å². The highest BCUT2D eigenvalue weighted by Crippen LogP contribution is 2.74. The molecule has 0 spiro atoms. The molecule has 0 heterocycles. The molecule has 0 aromatic rings. The number of aliphatic carboxylic acids is 1.